The van der Waals surface area contributed by atoms with E-state index >= 15 is 0 Å². The maximum atomic E-state index is 11.4. The summed E-state index contributed by atoms with van der Waals surface area (Å²) >= 11 is 1.77. The normalized spacial score (nSPS) is 12.5. The van der Waals surface area contributed by atoms with E-state index in [-0.39, 0.29) is 12.0 Å². The van der Waals surface area contributed by atoms with Crippen LogP contribution >= 0.6 is 11.8 Å². The molecule has 14 heavy (non-hydrogen) atoms. The maximum absolute atomic E-state index is 11.4. The van der Waals surface area contributed by atoms with E-state index in [1.54, 1.807) is 11.8 Å². The number of rotatable bonds is 8. The predicted molar refractivity (Wildman–Crippen MR) is 61.7 cm³/mol. The molecule has 0 aromatic rings. The molecule has 4 heteroatoms. The summed E-state index contributed by atoms with van der Waals surface area (Å²) in [5, 5.41) is 3.21. The Bertz CT molecular complexity index is 153. The van der Waals surface area contributed by atoms with E-state index in [0.717, 1.165) is 25.1 Å². The van der Waals surface area contributed by atoms with Gasteiger partial charge in [-0.25, -0.2) is 0 Å². The van der Waals surface area contributed by atoms with E-state index in [1.807, 2.05) is 6.92 Å². The summed E-state index contributed by atoms with van der Waals surface area (Å²) < 4.78 is 4.98. The van der Waals surface area contributed by atoms with Crippen LogP contribution in [0.2, 0.25) is 0 Å². The van der Waals surface area contributed by atoms with E-state index < -0.39 is 0 Å². The molecule has 0 aliphatic carbocycles. The molecule has 0 rings (SSSR count). The van der Waals surface area contributed by atoms with E-state index in [1.165, 1.54) is 0 Å². The highest BCUT2D eigenvalue weighted by molar-refractivity contribution is 7.98. The monoisotopic (exact) mass is 219 g/mol. The Morgan fingerprint density at radius 1 is 1.50 bits per heavy atom. The highest BCUT2D eigenvalue weighted by Gasteiger charge is 2.17. The molecule has 84 valence electrons. The number of hydrogen-bond donors (Lipinski definition) is 1. The zero-order chi connectivity index (χ0) is 10.8. The zero-order valence-electron chi connectivity index (χ0n) is 9.34. The number of carbonyl (C=O) groups excluding carboxylic acids is 1. The van der Waals surface area contributed by atoms with Gasteiger partial charge in [0.15, 0.2) is 0 Å². The summed E-state index contributed by atoms with van der Waals surface area (Å²) in [5.41, 5.74) is 0. The highest BCUT2D eigenvalue weighted by atomic mass is 32.2. The van der Waals surface area contributed by atoms with Gasteiger partial charge in [-0.1, -0.05) is 13.3 Å². The average molecular weight is 219 g/mol. The average Bonchev–Trinajstić information content (AvgIpc) is 2.17. The van der Waals surface area contributed by atoms with Crippen molar-refractivity contribution in [2.75, 3.05) is 25.2 Å². The first-order chi connectivity index (χ1) is 6.76. The van der Waals surface area contributed by atoms with Crippen molar-refractivity contribution in [1.29, 1.82) is 0 Å². The molecule has 0 saturated carbocycles. The Morgan fingerprint density at radius 2 is 2.21 bits per heavy atom. The van der Waals surface area contributed by atoms with Gasteiger partial charge in [0.2, 0.25) is 0 Å². The van der Waals surface area contributed by atoms with Gasteiger partial charge >= 0.3 is 5.97 Å². The Balaban J connectivity index is 3.81. The number of ether oxygens (including phenoxy) is 1. The van der Waals surface area contributed by atoms with Crippen LogP contribution in [0.25, 0.3) is 0 Å². The number of carbonyl (C=O) groups is 1. The minimum atomic E-state index is -0.118. The van der Waals surface area contributed by atoms with Crippen LogP contribution in [0.4, 0.5) is 0 Å². The van der Waals surface area contributed by atoms with Crippen molar-refractivity contribution in [1.82, 2.24) is 5.32 Å². The van der Waals surface area contributed by atoms with Crippen molar-refractivity contribution in [3.05, 3.63) is 0 Å². The van der Waals surface area contributed by atoms with Crippen LogP contribution in [0.1, 0.15) is 26.7 Å². The lowest BCUT2D eigenvalue weighted by Gasteiger charge is -2.15. The lowest BCUT2D eigenvalue weighted by Crippen LogP contribution is -2.39. The lowest BCUT2D eigenvalue weighted by molar-refractivity contribution is -0.145. The van der Waals surface area contributed by atoms with Crippen LogP contribution in [0.15, 0.2) is 0 Å². The van der Waals surface area contributed by atoms with Crippen molar-refractivity contribution >= 4 is 17.7 Å². The molecular formula is C10H21NO2S. The molecule has 0 spiro atoms. The Labute approximate surface area is 91.0 Å². The van der Waals surface area contributed by atoms with E-state index in [2.05, 4.69) is 18.5 Å². The van der Waals surface area contributed by atoms with Crippen LogP contribution in [-0.4, -0.2) is 37.2 Å². The predicted octanol–water partition coefficient (Wildman–Crippen LogP) is 1.67. The molecule has 0 radical (unpaired) electrons. The topological polar surface area (TPSA) is 38.3 Å². The Morgan fingerprint density at radius 3 is 2.71 bits per heavy atom. The first kappa shape index (κ1) is 13.8. The summed E-state index contributed by atoms with van der Waals surface area (Å²) in [6.45, 7) is 5.24. The molecular weight excluding hydrogens is 198 g/mol. The second-order valence-corrected chi connectivity index (χ2v) is 4.03. The summed E-state index contributed by atoms with van der Waals surface area (Å²) in [6.07, 6.45) is 3.91. The van der Waals surface area contributed by atoms with Crippen LogP contribution in [0.3, 0.4) is 0 Å². The van der Waals surface area contributed by atoms with Gasteiger partial charge in [-0.3, -0.25) is 4.79 Å². The molecule has 0 aromatic heterocycles. The van der Waals surface area contributed by atoms with Crippen LogP contribution in [-0.2, 0) is 9.53 Å². The third kappa shape index (κ3) is 6.27. The molecule has 1 unspecified atom stereocenters. The van der Waals surface area contributed by atoms with Gasteiger partial charge in [-0.2, -0.15) is 11.8 Å². The lowest BCUT2D eigenvalue weighted by atomic mass is 10.2. The molecule has 0 amide bonds. The molecule has 1 atom stereocenters. The zero-order valence-corrected chi connectivity index (χ0v) is 10.2. The standard InChI is InChI=1S/C10H21NO2S/c1-4-6-9(10(12)13-5-2)11-7-8-14-3/h9,11H,4-8H2,1-3H3. The number of thioether (sulfide) groups is 1. The first-order valence-electron chi connectivity index (χ1n) is 5.15. The van der Waals surface area contributed by atoms with E-state index in [4.69, 9.17) is 4.74 Å². The largest absolute Gasteiger partial charge is 0.465 e. The fraction of sp³-hybridized carbons (Fsp3) is 0.900. The van der Waals surface area contributed by atoms with Crippen LogP contribution < -0.4 is 5.32 Å². The molecule has 0 heterocycles. The highest BCUT2D eigenvalue weighted by Crippen LogP contribution is 2.00. The van der Waals surface area contributed by atoms with E-state index in [0.29, 0.717) is 6.61 Å². The quantitative estimate of drug-likeness (QED) is 0.498. The number of hydrogen-bond acceptors (Lipinski definition) is 4. The number of esters is 1. The van der Waals surface area contributed by atoms with Gasteiger partial charge in [0.25, 0.3) is 0 Å². The minimum Gasteiger partial charge on any atom is -0.465 e. The van der Waals surface area contributed by atoms with Gasteiger partial charge in [0.1, 0.15) is 6.04 Å². The fourth-order valence-electron chi connectivity index (χ4n) is 1.17. The molecule has 0 fully saturated rings. The van der Waals surface area contributed by atoms with Gasteiger partial charge in [0.05, 0.1) is 6.61 Å². The van der Waals surface area contributed by atoms with Crippen molar-refractivity contribution < 1.29 is 9.53 Å². The Hall–Kier alpha value is -0.220. The second kappa shape index (κ2) is 9.34. The van der Waals surface area contributed by atoms with Crippen molar-refractivity contribution in [2.45, 2.75) is 32.7 Å². The van der Waals surface area contributed by atoms with Crippen LogP contribution in [0, 0.1) is 0 Å². The molecule has 1 N–H and O–H groups in total. The van der Waals surface area contributed by atoms with Crippen molar-refractivity contribution in [3.8, 4) is 0 Å². The Kier molecular flexibility index (Phi) is 9.19. The first-order valence-corrected chi connectivity index (χ1v) is 6.54. The van der Waals surface area contributed by atoms with Crippen LogP contribution in [0.5, 0.6) is 0 Å². The third-order valence-electron chi connectivity index (χ3n) is 1.85. The molecule has 0 aliphatic rings. The van der Waals surface area contributed by atoms with Gasteiger partial charge in [-0.15, -0.1) is 0 Å². The van der Waals surface area contributed by atoms with Gasteiger partial charge < -0.3 is 10.1 Å². The molecule has 3 nitrogen and oxygen atoms in total. The van der Waals surface area contributed by atoms with Crippen molar-refractivity contribution in [2.24, 2.45) is 0 Å². The fourth-order valence-corrected chi connectivity index (χ4v) is 1.49. The second-order valence-electron chi connectivity index (χ2n) is 3.04. The summed E-state index contributed by atoms with van der Waals surface area (Å²) in [7, 11) is 0. The van der Waals surface area contributed by atoms with Crippen molar-refractivity contribution in [3.63, 3.8) is 0 Å². The van der Waals surface area contributed by atoms with E-state index in [9.17, 15) is 4.79 Å². The molecule has 0 aromatic carbocycles. The van der Waals surface area contributed by atoms with Gasteiger partial charge in [0, 0.05) is 12.3 Å². The minimum absolute atomic E-state index is 0.115. The third-order valence-corrected chi connectivity index (χ3v) is 2.46. The smallest absolute Gasteiger partial charge is 0.323 e. The molecule has 0 bridgehead atoms. The summed E-state index contributed by atoms with van der Waals surface area (Å²) in [5.74, 6) is 0.912. The van der Waals surface area contributed by atoms with Gasteiger partial charge in [-0.05, 0) is 19.6 Å². The number of nitrogens with one attached hydrogen (secondary N) is 1. The summed E-state index contributed by atoms with van der Waals surface area (Å²) in [4.78, 5) is 11.4. The molecule has 0 aliphatic heterocycles. The molecule has 0 saturated heterocycles. The SMILES string of the molecule is CCCC(NCCSC)C(=O)OCC. The maximum Gasteiger partial charge on any atom is 0.323 e. The summed E-state index contributed by atoms with van der Waals surface area (Å²) in [6, 6.07) is -0.118.